The van der Waals surface area contributed by atoms with Crippen LogP contribution in [0.1, 0.15) is 95.2 Å². The van der Waals surface area contributed by atoms with E-state index in [-0.39, 0.29) is 39.3 Å². The number of rotatable bonds is 15. The summed E-state index contributed by atoms with van der Waals surface area (Å²) in [6.07, 6.45) is -18.2. The summed E-state index contributed by atoms with van der Waals surface area (Å²) >= 11 is 0. The number of esters is 4. The van der Waals surface area contributed by atoms with Crippen LogP contribution >= 0.6 is 0 Å². The van der Waals surface area contributed by atoms with Gasteiger partial charge >= 0.3 is 30.0 Å². The number of carbonyl (C=O) groups excluding carboxylic acids is 8. The third kappa shape index (κ3) is 10.9. The lowest BCUT2D eigenvalue weighted by molar-refractivity contribution is -0.385. The molecule has 11 atom stereocenters. The topological polar surface area (TPSA) is 385 Å². The van der Waals surface area contributed by atoms with Crippen LogP contribution in [0.15, 0.2) is 36.4 Å². The number of nitro benzene ring substituents is 1. The first kappa shape index (κ1) is 54.9. The molecule has 27 nitrogen and oxygen atoms in total. The molecule has 2 aliphatic heterocycles. The number of Topliss-reactive ketones (excluding diaryl/α,β-unsaturated/α-hetero) is 1. The summed E-state index contributed by atoms with van der Waals surface area (Å²) < 4.78 is 55.4. The maximum Gasteiger partial charge on any atom is 0.407 e. The van der Waals surface area contributed by atoms with Crippen LogP contribution in [0.3, 0.4) is 0 Å². The van der Waals surface area contributed by atoms with E-state index in [9.17, 15) is 74.0 Å². The van der Waals surface area contributed by atoms with Gasteiger partial charge in [-0.2, -0.15) is 0 Å². The highest BCUT2D eigenvalue weighted by molar-refractivity contribution is 6.31. The number of carbonyl (C=O) groups is 8. The van der Waals surface area contributed by atoms with E-state index in [2.05, 4.69) is 5.32 Å². The van der Waals surface area contributed by atoms with Gasteiger partial charge in [0.05, 0.1) is 54.1 Å². The molecule has 0 radical (unpaired) electrons. The van der Waals surface area contributed by atoms with Crippen molar-refractivity contribution in [3.05, 3.63) is 85.5 Å². The van der Waals surface area contributed by atoms with E-state index < -0.39 is 180 Å². The minimum Gasteiger partial charge on any atom is -0.507 e. The molecule has 3 aromatic rings. The smallest absolute Gasteiger partial charge is 0.407 e. The lowest BCUT2D eigenvalue weighted by atomic mass is 9.72. The normalized spacial score (nSPS) is 26.7. The Morgan fingerprint density at radius 2 is 1.52 bits per heavy atom. The van der Waals surface area contributed by atoms with Gasteiger partial charge < -0.3 is 78.2 Å². The van der Waals surface area contributed by atoms with Crippen molar-refractivity contribution in [2.45, 2.75) is 121 Å². The fraction of sp³-hybridized carbons (Fsp3) is 0.458. The highest BCUT2D eigenvalue weighted by Gasteiger charge is 2.56. The number of nitrogens with zero attached hydrogens (tertiary/aromatic N) is 1. The molecule has 2 aliphatic carbocycles. The van der Waals surface area contributed by atoms with Crippen LogP contribution in [-0.2, 0) is 74.9 Å². The molecule has 2 fully saturated rings. The minimum atomic E-state index is -2.49. The fourth-order valence-electron chi connectivity index (χ4n) is 9.40. The number of methoxy groups -OCH3 is 2. The minimum absolute atomic E-state index is 0.0194. The number of phenols is 2. The van der Waals surface area contributed by atoms with Gasteiger partial charge in [0.15, 0.2) is 36.2 Å². The highest BCUT2D eigenvalue weighted by Crippen LogP contribution is 2.52. The summed E-state index contributed by atoms with van der Waals surface area (Å²) in [7, 11) is 2.21. The molecule has 27 heteroatoms. The Kier molecular flexibility index (Phi) is 16.1. The number of hydrogen-bond acceptors (Lipinski definition) is 25. The number of aliphatic hydroxyl groups excluding tert-OH is 2. The molecule has 7 rings (SSSR count). The highest BCUT2D eigenvalue weighted by atomic mass is 16.7. The lowest BCUT2D eigenvalue weighted by Crippen LogP contribution is -2.64. The molecule has 0 spiro atoms. The number of hydrogen-bond donors (Lipinski definition) is 6. The van der Waals surface area contributed by atoms with Crippen molar-refractivity contribution in [2.75, 3.05) is 20.8 Å². The third-order valence-electron chi connectivity index (χ3n) is 12.8. The molecule has 1 amide bonds. The molecule has 4 aliphatic rings. The van der Waals surface area contributed by atoms with Crippen LogP contribution in [0.2, 0.25) is 0 Å². The Bertz CT molecular complexity index is 2850. The third-order valence-corrected chi connectivity index (χ3v) is 12.8. The van der Waals surface area contributed by atoms with Crippen molar-refractivity contribution in [1.29, 1.82) is 0 Å². The number of aliphatic hydroxyl groups is 3. The van der Waals surface area contributed by atoms with Crippen molar-refractivity contribution in [3.8, 4) is 23.0 Å². The van der Waals surface area contributed by atoms with Crippen LogP contribution in [-0.4, -0.2) is 159 Å². The van der Waals surface area contributed by atoms with Gasteiger partial charge in [0.2, 0.25) is 18.2 Å². The van der Waals surface area contributed by atoms with Gasteiger partial charge in [0.25, 0.3) is 5.69 Å². The number of nitro groups is 1. The summed E-state index contributed by atoms with van der Waals surface area (Å²) in [5, 5.41) is 70.7. The number of ketones is 3. The second-order valence-electron chi connectivity index (χ2n) is 17.7. The van der Waals surface area contributed by atoms with Gasteiger partial charge in [-0.1, -0.05) is 12.1 Å². The first-order valence-corrected chi connectivity index (χ1v) is 22.8. The second-order valence-corrected chi connectivity index (χ2v) is 17.7. The van der Waals surface area contributed by atoms with Gasteiger partial charge in [-0.3, -0.25) is 38.9 Å². The van der Waals surface area contributed by atoms with Gasteiger partial charge in [-0.05, 0) is 19.1 Å². The van der Waals surface area contributed by atoms with Crippen molar-refractivity contribution in [3.63, 3.8) is 0 Å². The molecule has 75 heavy (non-hydrogen) atoms. The van der Waals surface area contributed by atoms with Gasteiger partial charge in [0.1, 0.15) is 47.9 Å². The first-order valence-electron chi connectivity index (χ1n) is 22.8. The zero-order valence-corrected chi connectivity index (χ0v) is 40.6. The number of benzene rings is 3. The van der Waals surface area contributed by atoms with E-state index in [0.717, 1.165) is 46.1 Å². The Morgan fingerprint density at radius 3 is 2.15 bits per heavy atom. The van der Waals surface area contributed by atoms with E-state index in [0.29, 0.717) is 0 Å². The van der Waals surface area contributed by atoms with Crippen LogP contribution in [0, 0.1) is 10.1 Å². The lowest BCUT2D eigenvalue weighted by Gasteiger charge is -2.43. The maximum absolute atomic E-state index is 14.1. The molecular weight excluding hydrogens is 1000 g/mol. The molecule has 402 valence electrons. The summed E-state index contributed by atoms with van der Waals surface area (Å²) in [5.41, 5.74) is -5.63. The summed E-state index contributed by atoms with van der Waals surface area (Å²) in [5.74, 6) is -9.14. The predicted molar refractivity (Wildman–Crippen MR) is 242 cm³/mol. The molecular formula is C48H50N2O25. The van der Waals surface area contributed by atoms with Crippen LogP contribution < -0.4 is 14.8 Å². The Morgan fingerprint density at radius 1 is 0.867 bits per heavy atom. The average molecular weight is 1050 g/mol. The molecule has 2 heterocycles. The number of fused-ring (bicyclic) bond motifs is 3. The number of aromatic hydroxyl groups is 2. The Hall–Kier alpha value is -7.82. The summed E-state index contributed by atoms with van der Waals surface area (Å²) in [6.45, 7) is 2.25. The van der Waals surface area contributed by atoms with Gasteiger partial charge in [-0.25, -0.2) is 9.59 Å². The molecule has 6 N–H and O–H groups in total. The van der Waals surface area contributed by atoms with Crippen molar-refractivity contribution in [2.24, 2.45) is 0 Å². The van der Waals surface area contributed by atoms with Crippen molar-refractivity contribution < 1.29 is 116 Å². The molecule has 0 bridgehead atoms. The summed E-state index contributed by atoms with van der Waals surface area (Å²) in [6, 6.07) is 5.76. The quantitative estimate of drug-likeness (QED) is 0.0317. The van der Waals surface area contributed by atoms with Crippen LogP contribution in [0.5, 0.6) is 23.0 Å². The molecule has 2 saturated heterocycles. The van der Waals surface area contributed by atoms with Crippen LogP contribution in [0.25, 0.3) is 0 Å². The predicted octanol–water partition coefficient (Wildman–Crippen LogP) is 0.949. The van der Waals surface area contributed by atoms with Gasteiger partial charge in [-0.15, -0.1) is 0 Å². The Labute approximate surface area is 423 Å². The number of alkyl carbamates (subject to hydrolysis) is 1. The largest absolute Gasteiger partial charge is 0.507 e. The fourth-order valence-corrected chi connectivity index (χ4v) is 9.40. The van der Waals surface area contributed by atoms with E-state index in [1.165, 1.54) is 32.2 Å². The maximum atomic E-state index is 14.1. The van der Waals surface area contributed by atoms with Gasteiger partial charge in [0, 0.05) is 74.4 Å². The molecule has 0 aromatic heterocycles. The molecule has 0 saturated carbocycles. The number of non-ortho nitro benzene ring substituents is 1. The van der Waals surface area contributed by atoms with E-state index in [1.54, 1.807) is 0 Å². The number of nitrogens with one attached hydrogen (secondary N) is 1. The van der Waals surface area contributed by atoms with E-state index in [4.69, 9.17) is 47.4 Å². The zero-order valence-electron chi connectivity index (χ0n) is 40.6. The second kappa shape index (κ2) is 21.9. The van der Waals surface area contributed by atoms with Crippen molar-refractivity contribution >= 4 is 53.0 Å². The van der Waals surface area contributed by atoms with Crippen LogP contribution in [0.4, 0.5) is 10.5 Å². The molecule has 0 unspecified atom stereocenters. The summed E-state index contributed by atoms with van der Waals surface area (Å²) in [4.78, 5) is 116. The number of amides is 1. The van der Waals surface area contributed by atoms with E-state index >= 15 is 0 Å². The molecule has 3 aromatic carbocycles. The monoisotopic (exact) mass is 1050 g/mol. The SMILES string of the molecule is COC(=O)[C@H]1O[C@@H](Oc2ccc([N+](=O)[O-])cc2COC(=O)N[C@H]2C[C@H](O[C@H]3C[C@](O)(C(=O)CO)Cc4c(O)c5c(c(O)c43)C(=O)c3c(OC)cccc3C5=O)O[C@@H](C)[C@H]2O)[C@H](OC(C)=O)[C@@H](OC(C)=O)[C@@H]1OC(C)=O. The number of phenolic OH excluding ortho intramolecular Hbond substituents is 2. The average Bonchev–Trinajstić information content (AvgIpc) is 3.35. The van der Waals surface area contributed by atoms with Crippen molar-refractivity contribution in [1.82, 2.24) is 5.32 Å². The first-order chi connectivity index (χ1) is 35.4. The zero-order chi connectivity index (χ0) is 55.0. The number of ether oxygens (including phenoxy) is 10. The Balaban J connectivity index is 1.14. The standard InChI is InChI=1S/C48H50N2O25/c1-18-36(56)26(13-31(69-18)73-29-15-48(63,30(55)16-51)14-25-33(29)40(60)35-34(38(25)58)37(57)24-8-7-9-28(66-5)32(24)39(35)59)49-47(62)68-17-22-12-23(50(64)65)10-11-27(22)74-46-44(72-21(4)54)42(71-20(3)53)41(70-19(2)52)43(75-46)45(61)67-6/h7-12,18,26,29,31,36,41-44,46,51,56,58,60,63H,13-17H2,1-6H3,(H,49,62)/t18-,26-,29-,31-,36+,41-,42-,43-,44+,46+,48-/m0/s1. The van der Waals surface area contributed by atoms with E-state index in [1.807, 2.05) is 0 Å².